The fourth-order valence-electron chi connectivity index (χ4n) is 11.3. The zero-order valence-electron chi connectivity index (χ0n) is 38.3. The lowest BCUT2D eigenvalue weighted by molar-refractivity contribution is -0.135. The van der Waals surface area contributed by atoms with Gasteiger partial charge in [-0.15, -0.1) is 0 Å². The third kappa shape index (κ3) is 6.81. The monoisotopic (exact) mass is 922 g/mol. The molecule has 2 spiro atoms. The Labute approximate surface area is 390 Å². The van der Waals surface area contributed by atoms with Crippen LogP contribution in [0.2, 0.25) is 0 Å². The Morgan fingerprint density at radius 3 is 2.49 bits per heavy atom. The number of methoxy groups -OCH3 is 1. The number of aromatic nitrogens is 7. The van der Waals surface area contributed by atoms with Gasteiger partial charge >= 0.3 is 11.7 Å². The van der Waals surface area contributed by atoms with Crippen molar-refractivity contribution in [1.29, 1.82) is 0 Å². The van der Waals surface area contributed by atoms with E-state index in [1.54, 1.807) is 36.5 Å². The lowest BCUT2D eigenvalue weighted by Crippen LogP contribution is -2.65. The van der Waals surface area contributed by atoms with E-state index in [-0.39, 0.29) is 59.5 Å². The van der Waals surface area contributed by atoms with Crippen molar-refractivity contribution < 1.29 is 23.9 Å². The minimum atomic E-state index is -0.734. The van der Waals surface area contributed by atoms with Crippen LogP contribution < -0.4 is 31.9 Å². The van der Waals surface area contributed by atoms with Crippen LogP contribution in [0.1, 0.15) is 73.5 Å². The van der Waals surface area contributed by atoms with E-state index < -0.39 is 11.9 Å². The summed E-state index contributed by atoms with van der Waals surface area (Å²) < 4.78 is 12.3. The molecule has 8 heterocycles. The van der Waals surface area contributed by atoms with Gasteiger partial charge in [0, 0.05) is 76.5 Å². The number of nitrogens with zero attached hydrogens (tertiary/aromatic N) is 10. The van der Waals surface area contributed by atoms with Gasteiger partial charge in [-0.2, -0.15) is 14.7 Å². The molecule has 3 saturated heterocycles. The second kappa shape index (κ2) is 15.7. The van der Waals surface area contributed by atoms with Crippen LogP contribution in [0, 0.1) is 5.41 Å². The summed E-state index contributed by atoms with van der Waals surface area (Å²) in [5.41, 5.74) is 6.30. The van der Waals surface area contributed by atoms with Gasteiger partial charge in [-0.1, -0.05) is 18.2 Å². The highest BCUT2D eigenvalue weighted by Gasteiger charge is 2.57. The van der Waals surface area contributed by atoms with Crippen molar-refractivity contribution in [3.63, 3.8) is 0 Å². The molecular formula is C48H54N14O6. The van der Waals surface area contributed by atoms with Crippen LogP contribution >= 0.6 is 0 Å². The normalized spacial score (nSPS) is 22.5. The van der Waals surface area contributed by atoms with Gasteiger partial charge in [-0.3, -0.25) is 33.5 Å². The van der Waals surface area contributed by atoms with Crippen molar-refractivity contribution in [2.45, 2.75) is 88.2 Å². The Morgan fingerprint density at radius 1 is 0.941 bits per heavy atom. The number of piperidine rings is 2. The summed E-state index contributed by atoms with van der Waals surface area (Å²) in [5, 5.41) is 21.6. The van der Waals surface area contributed by atoms with Crippen LogP contribution in [0.25, 0.3) is 27.9 Å². The maximum absolute atomic E-state index is 14.4. The topological polar surface area (TPSA) is 210 Å². The number of amides is 5. The van der Waals surface area contributed by atoms with Gasteiger partial charge in [0.05, 0.1) is 65.1 Å². The molecule has 2 aromatic carbocycles. The largest absolute Gasteiger partial charge is 0.379 e. The number of fused-ring (bicyclic) bond motifs is 3. The SMILES string of the molecule is CNc1cc(Nc2cccc(-c3cc4n(n3)CC3(CC3)N(C(=O)N3CC5(CCN(c6cccc7c6n(C)c(=O)n7C6CCC(=O)NC6=O)CC5)C3)C4)c2)nc2c(C(=O)N[C@@H]3CC[C@H]3OC)cnn12. The average Bonchev–Trinajstić information content (AvgIpc) is 3.62. The first kappa shape index (κ1) is 42.2. The van der Waals surface area contributed by atoms with Gasteiger partial charge in [0.1, 0.15) is 23.2 Å². The van der Waals surface area contributed by atoms with Crippen molar-refractivity contribution in [1.82, 2.24) is 53.9 Å². The van der Waals surface area contributed by atoms with Gasteiger partial charge in [0.25, 0.3) is 5.91 Å². The number of aryl methyl sites for hydroxylation is 1. The summed E-state index contributed by atoms with van der Waals surface area (Å²) >= 11 is 0. The smallest absolute Gasteiger partial charge is 0.329 e. The van der Waals surface area contributed by atoms with Crippen molar-refractivity contribution in [2.75, 3.05) is 55.9 Å². The van der Waals surface area contributed by atoms with Crippen molar-refractivity contribution in [3.8, 4) is 11.3 Å². The number of likely N-dealkylation sites (tertiary alicyclic amines) is 1. The molecule has 12 rings (SSSR count). The number of carbonyl (C=O) groups is 4. The number of urea groups is 1. The van der Waals surface area contributed by atoms with E-state index in [0.29, 0.717) is 54.5 Å². The molecule has 352 valence electrons. The van der Waals surface area contributed by atoms with Gasteiger partial charge in [0.15, 0.2) is 5.65 Å². The van der Waals surface area contributed by atoms with Crippen LogP contribution in [0.5, 0.6) is 0 Å². The standard InChI is InChI=1S/C48H54N14O6/c1-49-39-22-38(53-42-31(23-50-62(39)42)43(64)52-32-10-12-37(32)68-3)51-29-7-4-6-28(20-29)33-21-30-24-59(48(14-15-48)27-60(30)55-33)46(67)58-25-47(26-58)16-18-57(19-17-47)34-8-5-9-35-41(34)56(2)45(66)61(35)36-11-13-40(63)54-44(36)65/h4-9,20-23,32,36-37,49H,10-19,24-27H2,1-3H3,(H,51,53)(H,52,64)(H,54,63,65)/t32-,36?,37-/m1/s1. The van der Waals surface area contributed by atoms with Crippen LogP contribution in [-0.4, -0.2) is 125 Å². The Bertz CT molecular complexity index is 3130. The van der Waals surface area contributed by atoms with Gasteiger partial charge < -0.3 is 35.4 Å². The Balaban J connectivity index is 0.708. The highest BCUT2D eigenvalue weighted by atomic mass is 16.5. The molecule has 20 heteroatoms. The summed E-state index contributed by atoms with van der Waals surface area (Å²) in [5.74, 6) is 0.213. The lowest BCUT2D eigenvalue weighted by Gasteiger charge is -2.55. The van der Waals surface area contributed by atoms with Crippen molar-refractivity contribution >= 4 is 63.4 Å². The molecule has 0 bridgehead atoms. The maximum Gasteiger partial charge on any atom is 0.329 e. The van der Waals surface area contributed by atoms with E-state index >= 15 is 0 Å². The highest BCUT2D eigenvalue weighted by molar-refractivity contribution is 6.01. The van der Waals surface area contributed by atoms with Gasteiger partial charge in [-0.25, -0.2) is 14.6 Å². The second-order valence-electron chi connectivity index (χ2n) is 19.6. The number of nitrogens with one attached hydrogen (secondary N) is 4. The number of carbonyl (C=O) groups excluding carboxylic acids is 4. The van der Waals surface area contributed by atoms with E-state index in [9.17, 15) is 24.0 Å². The molecule has 20 nitrogen and oxygen atoms in total. The molecule has 68 heavy (non-hydrogen) atoms. The quantitative estimate of drug-likeness (QED) is 0.152. The zero-order valence-corrected chi connectivity index (χ0v) is 38.3. The number of rotatable bonds is 9. The molecule has 5 amide bonds. The Morgan fingerprint density at radius 2 is 1.75 bits per heavy atom. The average molecular weight is 923 g/mol. The number of imidazole rings is 1. The molecule has 6 aliphatic rings. The molecule has 4 aromatic heterocycles. The number of hydrogen-bond donors (Lipinski definition) is 4. The number of hydrogen-bond acceptors (Lipinski definition) is 12. The van der Waals surface area contributed by atoms with E-state index in [1.165, 1.54) is 4.57 Å². The molecule has 0 radical (unpaired) electrons. The third-order valence-electron chi connectivity index (χ3n) is 15.6. The fourth-order valence-corrected chi connectivity index (χ4v) is 11.3. The van der Waals surface area contributed by atoms with E-state index in [4.69, 9.17) is 14.8 Å². The summed E-state index contributed by atoms with van der Waals surface area (Å²) in [7, 11) is 5.20. The Kier molecular flexibility index (Phi) is 9.72. The molecular weight excluding hydrogens is 869 g/mol. The minimum absolute atomic E-state index is 0.00643. The number of imide groups is 1. The van der Waals surface area contributed by atoms with Crippen molar-refractivity contribution in [3.05, 3.63) is 82.5 Å². The highest BCUT2D eigenvalue weighted by Crippen LogP contribution is 2.49. The van der Waals surface area contributed by atoms with Crippen LogP contribution in [0.15, 0.2) is 65.6 Å². The molecule has 3 atom stereocenters. The molecule has 4 aliphatic heterocycles. The molecule has 5 fully saturated rings. The predicted molar refractivity (Wildman–Crippen MR) is 252 cm³/mol. The summed E-state index contributed by atoms with van der Waals surface area (Å²) in [6, 6.07) is 17.1. The number of para-hydroxylation sites is 1. The third-order valence-corrected chi connectivity index (χ3v) is 15.6. The fraction of sp³-hybridized carbons (Fsp3) is 0.458. The first-order valence-electron chi connectivity index (χ1n) is 23.6. The maximum atomic E-state index is 14.4. The number of anilines is 4. The molecule has 6 aromatic rings. The van der Waals surface area contributed by atoms with Crippen LogP contribution in [-0.2, 0) is 34.5 Å². The van der Waals surface area contributed by atoms with Gasteiger partial charge in [0.2, 0.25) is 11.8 Å². The Hall–Kier alpha value is -7.22. The molecule has 2 saturated carbocycles. The number of ether oxygens (including phenoxy) is 1. The zero-order chi connectivity index (χ0) is 46.6. The first-order valence-corrected chi connectivity index (χ1v) is 23.6. The van der Waals surface area contributed by atoms with E-state index in [0.717, 1.165) is 85.5 Å². The lowest BCUT2D eigenvalue weighted by atomic mass is 9.72. The van der Waals surface area contributed by atoms with E-state index in [2.05, 4.69) is 46.9 Å². The van der Waals surface area contributed by atoms with Crippen LogP contribution in [0.3, 0.4) is 0 Å². The van der Waals surface area contributed by atoms with Gasteiger partial charge in [-0.05, 0) is 75.3 Å². The predicted octanol–water partition coefficient (Wildman–Crippen LogP) is 3.99. The second-order valence-corrected chi connectivity index (χ2v) is 19.6. The summed E-state index contributed by atoms with van der Waals surface area (Å²) in [4.78, 5) is 77.2. The van der Waals surface area contributed by atoms with Crippen LogP contribution in [0.4, 0.5) is 27.8 Å². The first-order chi connectivity index (χ1) is 32.9. The molecule has 2 aliphatic carbocycles. The number of benzene rings is 2. The van der Waals surface area contributed by atoms with Crippen molar-refractivity contribution in [2.24, 2.45) is 12.5 Å². The molecule has 4 N–H and O–H groups in total. The van der Waals surface area contributed by atoms with E-state index in [1.807, 2.05) is 53.4 Å². The summed E-state index contributed by atoms with van der Waals surface area (Å²) in [6.45, 7) is 4.15. The summed E-state index contributed by atoms with van der Waals surface area (Å²) in [6.07, 6.45) is 7.54. The minimum Gasteiger partial charge on any atom is -0.379 e. The molecule has 1 unspecified atom stereocenters.